The standard InChI is InChI=1S/C21H23N5O2S/c1-3-12-28-19-10-6-16(7-11-19)13-22-24-20(27)18-8-4-17(5-9-18)14-29-21-25-23-15-26(21)2/h4-11,13,15H,3,12,14H2,1-2H3,(H,24,27)/b22-13-. The minimum Gasteiger partial charge on any atom is -0.494 e. The Labute approximate surface area is 174 Å². The minimum atomic E-state index is -0.253. The molecule has 0 atom stereocenters. The summed E-state index contributed by atoms with van der Waals surface area (Å²) in [6, 6.07) is 15.0. The number of nitrogens with one attached hydrogen (secondary N) is 1. The van der Waals surface area contributed by atoms with Crippen molar-refractivity contribution in [2.75, 3.05) is 6.61 Å². The van der Waals surface area contributed by atoms with Crippen LogP contribution in [0.3, 0.4) is 0 Å². The predicted octanol–water partition coefficient (Wildman–Crippen LogP) is 3.66. The van der Waals surface area contributed by atoms with E-state index >= 15 is 0 Å². The molecule has 2 aromatic carbocycles. The van der Waals surface area contributed by atoms with E-state index in [4.69, 9.17) is 4.74 Å². The smallest absolute Gasteiger partial charge is 0.271 e. The number of ether oxygens (including phenoxy) is 1. The molecule has 0 aliphatic rings. The lowest BCUT2D eigenvalue weighted by molar-refractivity contribution is 0.0955. The van der Waals surface area contributed by atoms with Crippen molar-refractivity contribution in [2.45, 2.75) is 24.3 Å². The van der Waals surface area contributed by atoms with E-state index in [9.17, 15) is 4.79 Å². The fourth-order valence-corrected chi connectivity index (χ4v) is 3.25. The first-order chi connectivity index (χ1) is 14.2. The third-order valence-corrected chi connectivity index (χ3v) is 5.09. The molecule has 29 heavy (non-hydrogen) atoms. The van der Waals surface area contributed by atoms with Crippen LogP contribution < -0.4 is 10.2 Å². The average Bonchev–Trinajstić information content (AvgIpc) is 3.16. The molecular formula is C21H23N5O2S. The lowest BCUT2D eigenvalue weighted by Crippen LogP contribution is -2.17. The van der Waals surface area contributed by atoms with E-state index < -0.39 is 0 Å². The number of carbonyl (C=O) groups is 1. The van der Waals surface area contributed by atoms with Crippen molar-refractivity contribution in [1.82, 2.24) is 20.2 Å². The van der Waals surface area contributed by atoms with Crippen LogP contribution in [0.2, 0.25) is 0 Å². The third kappa shape index (κ3) is 6.18. The third-order valence-electron chi connectivity index (χ3n) is 3.99. The molecule has 0 radical (unpaired) electrons. The fraction of sp³-hybridized carbons (Fsp3) is 0.238. The van der Waals surface area contributed by atoms with Gasteiger partial charge in [0.25, 0.3) is 5.91 Å². The number of hydrazone groups is 1. The SMILES string of the molecule is CCCOc1ccc(/C=N\NC(=O)c2ccc(CSc3nncn3C)cc2)cc1. The molecule has 0 spiro atoms. The predicted molar refractivity (Wildman–Crippen MR) is 114 cm³/mol. The van der Waals surface area contributed by atoms with Crippen LogP contribution in [-0.2, 0) is 12.8 Å². The number of aromatic nitrogens is 3. The Morgan fingerprint density at radius 1 is 1.21 bits per heavy atom. The second kappa shape index (κ2) is 10.4. The lowest BCUT2D eigenvalue weighted by Gasteiger charge is -2.04. The summed E-state index contributed by atoms with van der Waals surface area (Å²) in [4.78, 5) is 12.2. The maximum absolute atomic E-state index is 12.2. The van der Waals surface area contributed by atoms with Crippen LogP contribution in [0.25, 0.3) is 0 Å². The minimum absolute atomic E-state index is 0.253. The Morgan fingerprint density at radius 2 is 1.97 bits per heavy atom. The first-order valence-corrected chi connectivity index (χ1v) is 10.3. The van der Waals surface area contributed by atoms with Crippen molar-refractivity contribution in [3.63, 3.8) is 0 Å². The number of hydrogen-bond donors (Lipinski definition) is 1. The normalized spacial score (nSPS) is 11.0. The molecule has 0 fully saturated rings. The molecule has 3 rings (SSSR count). The van der Waals surface area contributed by atoms with Crippen LogP contribution in [0, 0.1) is 0 Å². The number of hydrogen-bond acceptors (Lipinski definition) is 6. The van der Waals surface area contributed by atoms with Crippen molar-refractivity contribution >= 4 is 23.9 Å². The molecule has 1 N–H and O–H groups in total. The Hall–Kier alpha value is -3.13. The number of carbonyl (C=O) groups excluding carboxylic acids is 1. The number of thioether (sulfide) groups is 1. The van der Waals surface area contributed by atoms with Gasteiger partial charge in [-0.2, -0.15) is 5.10 Å². The van der Waals surface area contributed by atoms with Crippen LogP contribution in [0.1, 0.15) is 34.8 Å². The van der Waals surface area contributed by atoms with Gasteiger partial charge in [-0.15, -0.1) is 10.2 Å². The summed E-state index contributed by atoms with van der Waals surface area (Å²) in [6.07, 6.45) is 4.24. The van der Waals surface area contributed by atoms with Gasteiger partial charge in [0.2, 0.25) is 0 Å². The molecule has 8 heteroatoms. The molecule has 0 aliphatic carbocycles. The van der Waals surface area contributed by atoms with E-state index in [1.165, 1.54) is 0 Å². The van der Waals surface area contributed by atoms with Crippen LogP contribution in [0.15, 0.2) is 65.1 Å². The molecule has 0 saturated carbocycles. The van der Waals surface area contributed by atoms with Crippen LogP contribution in [0.5, 0.6) is 5.75 Å². The van der Waals surface area contributed by atoms with Gasteiger partial charge in [-0.3, -0.25) is 4.79 Å². The average molecular weight is 410 g/mol. The first-order valence-electron chi connectivity index (χ1n) is 9.27. The van der Waals surface area contributed by atoms with E-state index in [2.05, 4.69) is 27.6 Å². The number of nitrogens with zero attached hydrogens (tertiary/aromatic N) is 4. The zero-order valence-electron chi connectivity index (χ0n) is 16.4. The van der Waals surface area contributed by atoms with Gasteiger partial charge in [-0.05, 0) is 53.9 Å². The number of amides is 1. The van der Waals surface area contributed by atoms with E-state index in [-0.39, 0.29) is 5.91 Å². The quantitative estimate of drug-likeness (QED) is 0.331. The highest BCUT2D eigenvalue weighted by atomic mass is 32.2. The van der Waals surface area contributed by atoms with Gasteiger partial charge in [0.05, 0.1) is 12.8 Å². The Kier molecular flexibility index (Phi) is 7.40. The molecule has 0 saturated heterocycles. The van der Waals surface area contributed by atoms with E-state index in [1.807, 2.05) is 48.0 Å². The zero-order valence-corrected chi connectivity index (χ0v) is 17.2. The van der Waals surface area contributed by atoms with E-state index in [0.29, 0.717) is 12.2 Å². The van der Waals surface area contributed by atoms with Crippen molar-refractivity contribution in [2.24, 2.45) is 12.1 Å². The molecule has 1 heterocycles. The molecule has 0 aliphatic heterocycles. The Morgan fingerprint density at radius 3 is 2.62 bits per heavy atom. The van der Waals surface area contributed by atoms with Gasteiger partial charge < -0.3 is 9.30 Å². The maximum Gasteiger partial charge on any atom is 0.271 e. The number of rotatable bonds is 9. The fourth-order valence-electron chi connectivity index (χ4n) is 2.40. The summed E-state index contributed by atoms with van der Waals surface area (Å²) < 4.78 is 7.41. The van der Waals surface area contributed by atoms with Gasteiger partial charge in [-0.1, -0.05) is 30.8 Å². The van der Waals surface area contributed by atoms with Crippen molar-refractivity contribution < 1.29 is 9.53 Å². The number of aryl methyl sites for hydroxylation is 1. The van der Waals surface area contributed by atoms with Crippen LogP contribution in [0.4, 0.5) is 0 Å². The summed E-state index contributed by atoms with van der Waals surface area (Å²) in [5, 5.41) is 12.8. The largest absolute Gasteiger partial charge is 0.494 e. The Bertz CT molecular complexity index is 952. The summed E-state index contributed by atoms with van der Waals surface area (Å²) in [6.45, 7) is 2.76. The topological polar surface area (TPSA) is 81.4 Å². The molecule has 1 amide bonds. The molecule has 7 nitrogen and oxygen atoms in total. The van der Waals surface area contributed by atoms with Gasteiger partial charge in [-0.25, -0.2) is 5.43 Å². The van der Waals surface area contributed by atoms with Gasteiger partial charge >= 0.3 is 0 Å². The second-order valence-electron chi connectivity index (χ2n) is 6.33. The van der Waals surface area contributed by atoms with Gasteiger partial charge in [0, 0.05) is 18.4 Å². The van der Waals surface area contributed by atoms with Crippen LogP contribution >= 0.6 is 11.8 Å². The van der Waals surface area contributed by atoms with Crippen molar-refractivity contribution in [3.8, 4) is 5.75 Å². The van der Waals surface area contributed by atoms with E-state index in [0.717, 1.165) is 34.2 Å². The molecule has 0 bridgehead atoms. The van der Waals surface area contributed by atoms with Crippen LogP contribution in [-0.4, -0.2) is 33.5 Å². The number of benzene rings is 2. The molecular weight excluding hydrogens is 386 g/mol. The molecule has 1 aromatic heterocycles. The summed E-state index contributed by atoms with van der Waals surface area (Å²) in [7, 11) is 1.91. The lowest BCUT2D eigenvalue weighted by atomic mass is 10.1. The first kappa shape index (κ1) is 20.6. The van der Waals surface area contributed by atoms with Gasteiger partial charge in [0.1, 0.15) is 12.1 Å². The molecule has 150 valence electrons. The Balaban J connectivity index is 1.48. The van der Waals surface area contributed by atoms with Crippen molar-refractivity contribution in [3.05, 3.63) is 71.5 Å². The maximum atomic E-state index is 12.2. The van der Waals surface area contributed by atoms with E-state index in [1.54, 1.807) is 36.4 Å². The summed E-state index contributed by atoms with van der Waals surface area (Å²) in [5.41, 5.74) is 5.08. The molecule has 3 aromatic rings. The highest BCUT2D eigenvalue weighted by Crippen LogP contribution is 2.20. The highest BCUT2D eigenvalue weighted by Gasteiger charge is 2.06. The van der Waals surface area contributed by atoms with Crippen molar-refractivity contribution in [1.29, 1.82) is 0 Å². The van der Waals surface area contributed by atoms with Gasteiger partial charge in [0.15, 0.2) is 5.16 Å². The molecule has 0 unspecified atom stereocenters. The monoisotopic (exact) mass is 409 g/mol. The summed E-state index contributed by atoms with van der Waals surface area (Å²) >= 11 is 1.59. The zero-order chi connectivity index (χ0) is 20.5. The highest BCUT2D eigenvalue weighted by molar-refractivity contribution is 7.98. The second-order valence-corrected chi connectivity index (χ2v) is 7.27. The summed E-state index contributed by atoms with van der Waals surface area (Å²) in [5.74, 6) is 1.33.